The molecule has 3 heteroatoms. The van der Waals surface area contributed by atoms with E-state index in [2.05, 4.69) is 0 Å². The molecule has 1 rings (SSSR count). The van der Waals surface area contributed by atoms with Gasteiger partial charge in [0.2, 0.25) is 0 Å². The first-order valence-corrected chi connectivity index (χ1v) is 4.29. The van der Waals surface area contributed by atoms with Crippen LogP contribution in [0.15, 0.2) is 12.1 Å². The van der Waals surface area contributed by atoms with Gasteiger partial charge in [0, 0.05) is 12.1 Å². The van der Waals surface area contributed by atoms with Gasteiger partial charge in [-0.25, -0.2) is 8.78 Å². The fourth-order valence-electron chi connectivity index (χ4n) is 0.816. The number of halogens is 2. The standard InChI is InChI=1S/C8H9F2N.C2H6/c1-5-7(9)2-6(4-11)3-8(5)10;1-2/h2-3H,4,11H2,1H3;1-2H3. The Kier molecular flexibility index (Phi) is 5.23. The first kappa shape index (κ1) is 12.0. The minimum Gasteiger partial charge on any atom is -0.326 e. The van der Waals surface area contributed by atoms with Gasteiger partial charge in [0.05, 0.1) is 0 Å². The molecule has 0 aromatic heterocycles. The maximum absolute atomic E-state index is 12.7. The Morgan fingerprint density at radius 1 is 1.15 bits per heavy atom. The van der Waals surface area contributed by atoms with E-state index in [1.807, 2.05) is 13.8 Å². The molecule has 0 saturated carbocycles. The summed E-state index contributed by atoms with van der Waals surface area (Å²) >= 11 is 0. The van der Waals surface area contributed by atoms with E-state index in [1.54, 1.807) is 0 Å². The van der Waals surface area contributed by atoms with Crippen molar-refractivity contribution in [3.05, 3.63) is 34.9 Å². The van der Waals surface area contributed by atoms with Crippen molar-refractivity contribution in [1.29, 1.82) is 0 Å². The van der Waals surface area contributed by atoms with Crippen LogP contribution in [0.3, 0.4) is 0 Å². The highest BCUT2D eigenvalue weighted by atomic mass is 19.1. The largest absolute Gasteiger partial charge is 0.326 e. The van der Waals surface area contributed by atoms with Crippen molar-refractivity contribution in [3.63, 3.8) is 0 Å². The second kappa shape index (κ2) is 5.65. The van der Waals surface area contributed by atoms with E-state index < -0.39 is 11.6 Å². The lowest BCUT2D eigenvalue weighted by Crippen LogP contribution is -1.99. The van der Waals surface area contributed by atoms with E-state index >= 15 is 0 Å². The summed E-state index contributed by atoms with van der Waals surface area (Å²) in [5.74, 6) is -1.07. The van der Waals surface area contributed by atoms with Gasteiger partial charge in [-0.15, -0.1) is 0 Å². The molecule has 0 aliphatic carbocycles. The maximum atomic E-state index is 12.7. The lowest BCUT2D eigenvalue weighted by molar-refractivity contribution is 0.564. The van der Waals surface area contributed by atoms with Crippen LogP contribution in [-0.2, 0) is 6.54 Å². The quantitative estimate of drug-likeness (QED) is 0.718. The second-order valence-electron chi connectivity index (χ2n) is 2.39. The molecular weight excluding hydrogens is 172 g/mol. The molecule has 0 fully saturated rings. The first-order valence-electron chi connectivity index (χ1n) is 4.29. The summed E-state index contributed by atoms with van der Waals surface area (Å²) in [7, 11) is 0. The summed E-state index contributed by atoms with van der Waals surface area (Å²) < 4.78 is 25.5. The van der Waals surface area contributed by atoms with E-state index in [0.29, 0.717) is 5.56 Å². The topological polar surface area (TPSA) is 26.0 Å². The summed E-state index contributed by atoms with van der Waals surface area (Å²) in [6.45, 7) is 5.55. The van der Waals surface area contributed by atoms with E-state index in [-0.39, 0.29) is 12.1 Å². The number of rotatable bonds is 1. The van der Waals surface area contributed by atoms with Gasteiger partial charge in [-0.05, 0) is 24.6 Å². The highest BCUT2D eigenvalue weighted by Crippen LogP contribution is 2.13. The number of hydrogen-bond acceptors (Lipinski definition) is 1. The van der Waals surface area contributed by atoms with Crippen LogP contribution in [0.25, 0.3) is 0 Å². The molecular formula is C10H15F2N. The summed E-state index contributed by atoms with van der Waals surface area (Å²) in [5, 5.41) is 0. The summed E-state index contributed by atoms with van der Waals surface area (Å²) in [6.07, 6.45) is 0. The third-order valence-electron chi connectivity index (χ3n) is 1.58. The van der Waals surface area contributed by atoms with Crippen LogP contribution < -0.4 is 5.73 Å². The molecule has 0 saturated heterocycles. The number of hydrogen-bond donors (Lipinski definition) is 1. The molecule has 13 heavy (non-hydrogen) atoms. The van der Waals surface area contributed by atoms with Gasteiger partial charge in [0.1, 0.15) is 11.6 Å². The molecule has 0 spiro atoms. The molecule has 0 atom stereocenters. The molecule has 0 bridgehead atoms. The molecule has 0 radical (unpaired) electrons. The van der Waals surface area contributed by atoms with Crippen LogP contribution in [-0.4, -0.2) is 0 Å². The third-order valence-corrected chi connectivity index (χ3v) is 1.58. The molecule has 1 nitrogen and oxygen atoms in total. The van der Waals surface area contributed by atoms with Gasteiger partial charge >= 0.3 is 0 Å². The lowest BCUT2D eigenvalue weighted by atomic mass is 10.1. The fraction of sp³-hybridized carbons (Fsp3) is 0.400. The summed E-state index contributed by atoms with van der Waals surface area (Å²) in [6, 6.07) is 2.50. The number of benzene rings is 1. The van der Waals surface area contributed by atoms with Crippen molar-refractivity contribution in [1.82, 2.24) is 0 Å². The molecule has 1 aromatic rings. The van der Waals surface area contributed by atoms with E-state index in [4.69, 9.17) is 5.73 Å². The monoisotopic (exact) mass is 187 g/mol. The third kappa shape index (κ3) is 3.11. The molecule has 0 aliphatic rings. The Bertz CT molecular complexity index is 249. The molecule has 74 valence electrons. The first-order chi connectivity index (χ1) is 6.15. The molecule has 0 aliphatic heterocycles. The average Bonchev–Trinajstić information content (AvgIpc) is 2.16. The summed E-state index contributed by atoms with van der Waals surface area (Å²) in [5.41, 5.74) is 5.73. The van der Waals surface area contributed by atoms with Crippen LogP contribution in [0.5, 0.6) is 0 Å². The maximum Gasteiger partial charge on any atom is 0.129 e. The van der Waals surface area contributed by atoms with Crippen molar-refractivity contribution in [2.75, 3.05) is 0 Å². The Hall–Kier alpha value is -0.960. The smallest absolute Gasteiger partial charge is 0.129 e. The van der Waals surface area contributed by atoms with E-state index in [1.165, 1.54) is 19.1 Å². The van der Waals surface area contributed by atoms with Crippen molar-refractivity contribution >= 4 is 0 Å². The van der Waals surface area contributed by atoms with Gasteiger partial charge in [0.15, 0.2) is 0 Å². The van der Waals surface area contributed by atoms with Crippen LogP contribution >= 0.6 is 0 Å². The van der Waals surface area contributed by atoms with Gasteiger partial charge < -0.3 is 5.73 Å². The summed E-state index contributed by atoms with van der Waals surface area (Å²) in [4.78, 5) is 0. The highest BCUT2D eigenvalue weighted by Gasteiger charge is 2.04. The predicted molar refractivity (Wildman–Crippen MR) is 50.3 cm³/mol. The normalized spacial score (nSPS) is 9.08. The molecule has 0 amide bonds. The molecule has 0 unspecified atom stereocenters. The van der Waals surface area contributed by atoms with Crippen molar-refractivity contribution in [3.8, 4) is 0 Å². The zero-order valence-electron chi connectivity index (χ0n) is 8.20. The molecule has 0 heterocycles. The Balaban J connectivity index is 0.000000671. The Morgan fingerprint density at radius 3 is 1.85 bits per heavy atom. The van der Waals surface area contributed by atoms with Gasteiger partial charge in [-0.2, -0.15) is 0 Å². The van der Waals surface area contributed by atoms with Gasteiger partial charge in [0.25, 0.3) is 0 Å². The zero-order valence-corrected chi connectivity index (χ0v) is 8.20. The number of nitrogens with two attached hydrogens (primary N) is 1. The van der Waals surface area contributed by atoms with Crippen LogP contribution in [0.2, 0.25) is 0 Å². The second-order valence-corrected chi connectivity index (χ2v) is 2.39. The van der Waals surface area contributed by atoms with Crippen molar-refractivity contribution in [2.24, 2.45) is 5.73 Å². The predicted octanol–water partition coefficient (Wildman–Crippen LogP) is 2.76. The minimum absolute atomic E-state index is 0.0437. The molecule has 1 aromatic carbocycles. The minimum atomic E-state index is -0.537. The zero-order chi connectivity index (χ0) is 10.4. The Labute approximate surface area is 77.6 Å². The van der Waals surface area contributed by atoms with Crippen LogP contribution in [0, 0.1) is 18.6 Å². The van der Waals surface area contributed by atoms with Gasteiger partial charge in [-0.1, -0.05) is 13.8 Å². The van der Waals surface area contributed by atoms with Gasteiger partial charge in [-0.3, -0.25) is 0 Å². The van der Waals surface area contributed by atoms with Crippen LogP contribution in [0.4, 0.5) is 8.78 Å². The van der Waals surface area contributed by atoms with E-state index in [9.17, 15) is 8.78 Å². The van der Waals surface area contributed by atoms with Crippen molar-refractivity contribution < 1.29 is 8.78 Å². The van der Waals surface area contributed by atoms with Crippen molar-refractivity contribution in [2.45, 2.75) is 27.3 Å². The fourth-order valence-corrected chi connectivity index (χ4v) is 0.816. The lowest BCUT2D eigenvalue weighted by Gasteiger charge is -2.01. The van der Waals surface area contributed by atoms with E-state index in [0.717, 1.165) is 0 Å². The van der Waals surface area contributed by atoms with Crippen LogP contribution in [0.1, 0.15) is 25.0 Å². The molecule has 2 N–H and O–H groups in total. The highest BCUT2D eigenvalue weighted by molar-refractivity contribution is 5.24. The SMILES string of the molecule is CC.Cc1c(F)cc(CN)cc1F. The Morgan fingerprint density at radius 2 is 1.54 bits per heavy atom. The average molecular weight is 187 g/mol.